The zero-order valence-corrected chi connectivity index (χ0v) is 11.5. The molecule has 1 heterocycles. The molecule has 1 atom stereocenters. The zero-order chi connectivity index (χ0) is 11.8. The number of halogens is 2. The van der Waals surface area contributed by atoms with Gasteiger partial charge in [-0.25, -0.2) is 10.8 Å². The Balaban J connectivity index is 1.83. The minimum absolute atomic E-state index is 0.361. The smallest absolute Gasteiger partial charge is 0.176 e. The van der Waals surface area contributed by atoms with E-state index in [4.69, 9.17) is 29.0 Å². The summed E-state index contributed by atoms with van der Waals surface area (Å²) in [7, 11) is 0. The summed E-state index contributed by atoms with van der Waals surface area (Å²) < 4.78 is -0.512. The lowest BCUT2D eigenvalue weighted by molar-refractivity contribution is 0.171. The Labute approximate surface area is 110 Å². The molecule has 1 fully saturated rings. The van der Waals surface area contributed by atoms with Crippen molar-refractivity contribution < 1.29 is 0 Å². The minimum Gasteiger partial charge on any atom is -0.275 e. The quantitative estimate of drug-likeness (QED) is 0.632. The van der Waals surface area contributed by atoms with E-state index in [1.807, 2.05) is 0 Å². The normalized spacial score (nSPS) is 29.1. The van der Waals surface area contributed by atoms with Crippen molar-refractivity contribution in [3.8, 4) is 0 Å². The average molecular weight is 283 g/mol. The number of hydrogen-bond donors (Lipinski definition) is 1. The summed E-state index contributed by atoms with van der Waals surface area (Å²) in [5.41, 5.74) is 0. The molecule has 1 aliphatic carbocycles. The Morgan fingerprint density at radius 1 is 1.62 bits per heavy atom. The molecule has 0 saturated heterocycles. The number of nitrogens with two attached hydrogens (primary N) is 1. The average Bonchev–Trinajstić information content (AvgIpc) is 2.79. The Bertz CT molecular complexity index is 297. The lowest BCUT2D eigenvalue weighted by atomic mass is 10.4. The summed E-state index contributed by atoms with van der Waals surface area (Å²) >= 11 is 13.7. The predicted molar refractivity (Wildman–Crippen MR) is 70.6 cm³/mol. The fraction of sp³-hybridized carbons (Fsp3) is 0.889. The van der Waals surface area contributed by atoms with Gasteiger partial charge < -0.3 is 0 Å². The number of alkyl halides is 2. The number of amidine groups is 1. The van der Waals surface area contributed by atoms with Crippen molar-refractivity contribution in [2.75, 3.05) is 25.6 Å². The summed E-state index contributed by atoms with van der Waals surface area (Å²) in [6.07, 6.45) is 0.872. The third-order valence-corrected chi connectivity index (χ3v) is 4.55. The molecule has 1 saturated carbocycles. The third kappa shape index (κ3) is 2.96. The van der Waals surface area contributed by atoms with E-state index in [0.717, 1.165) is 23.9 Å². The second-order valence-electron chi connectivity index (χ2n) is 4.14. The first-order chi connectivity index (χ1) is 7.53. The van der Waals surface area contributed by atoms with E-state index in [-0.39, 0.29) is 0 Å². The Morgan fingerprint density at radius 3 is 2.81 bits per heavy atom. The summed E-state index contributed by atoms with van der Waals surface area (Å²) in [4.78, 5) is 6.59. The lowest BCUT2D eigenvalue weighted by Gasteiger charge is -2.32. The van der Waals surface area contributed by atoms with Gasteiger partial charge in [-0.3, -0.25) is 9.91 Å². The maximum Gasteiger partial charge on any atom is 0.176 e. The van der Waals surface area contributed by atoms with Crippen LogP contribution >= 0.6 is 35.0 Å². The highest BCUT2D eigenvalue weighted by atomic mass is 35.5. The number of hydrogen-bond acceptors (Lipinski definition) is 5. The highest BCUT2D eigenvalue weighted by Gasteiger charge is 2.52. The fourth-order valence-electron chi connectivity index (χ4n) is 1.72. The van der Waals surface area contributed by atoms with Gasteiger partial charge >= 0.3 is 0 Å². The lowest BCUT2D eigenvalue weighted by Crippen LogP contribution is -2.49. The van der Waals surface area contributed by atoms with E-state index in [1.54, 1.807) is 16.8 Å². The number of aliphatic imine (C=N–C) groups is 1. The Morgan fingerprint density at radius 2 is 2.31 bits per heavy atom. The fourth-order valence-corrected chi connectivity index (χ4v) is 2.87. The molecular formula is C9H16Cl2N4S. The monoisotopic (exact) mass is 282 g/mol. The molecule has 7 heteroatoms. The first-order valence-electron chi connectivity index (χ1n) is 5.32. The number of thioether (sulfide) groups is 1. The van der Waals surface area contributed by atoms with Crippen LogP contribution in [0.2, 0.25) is 0 Å². The van der Waals surface area contributed by atoms with Crippen molar-refractivity contribution in [2.45, 2.75) is 17.7 Å². The van der Waals surface area contributed by atoms with Gasteiger partial charge in [0.15, 0.2) is 5.17 Å². The molecule has 0 aromatic heterocycles. The largest absolute Gasteiger partial charge is 0.275 e. The first-order valence-corrected chi connectivity index (χ1v) is 7.06. The van der Waals surface area contributed by atoms with E-state index < -0.39 is 4.33 Å². The second kappa shape index (κ2) is 4.90. The minimum atomic E-state index is -0.512. The Kier molecular flexibility index (Phi) is 3.91. The van der Waals surface area contributed by atoms with Crippen LogP contribution in [0.4, 0.5) is 0 Å². The van der Waals surface area contributed by atoms with Crippen molar-refractivity contribution in [3.63, 3.8) is 0 Å². The van der Waals surface area contributed by atoms with E-state index in [9.17, 15) is 0 Å². The molecule has 1 aliphatic heterocycles. The molecule has 0 aromatic rings. The maximum absolute atomic E-state index is 6.00. The predicted octanol–water partition coefficient (Wildman–Crippen LogP) is 1.70. The molecule has 0 bridgehead atoms. The molecule has 0 spiro atoms. The van der Waals surface area contributed by atoms with Crippen LogP contribution in [0.5, 0.6) is 0 Å². The standard InChI is InChI=1S/C9H16Cl2N4S/c1-2-16-8-13-5-14(6-15(8)12)4-7-3-9(7,10)11/h7H,2-6,12H2,1H3. The summed E-state index contributed by atoms with van der Waals surface area (Å²) in [6.45, 7) is 4.35. The van der Waals surface area contributed by atoms with E-state index in [2.05, 4.69) is 16.8 Å². The van der Waals surface area contributed by atoms with Gasteiger partial charge in [0.1, 0.15) is 4.33 Å². The van der Waals surface area contributed by atoms with Crippen LogP contribution in [0.25, 0.3) is 0 Å². The van der Waals surface area contributed by atoms with Crippen LogP contribution in [0.1, 0.15) is 13.3 Å². The van der Waals surface area contributed by atoms with Crippen LogP contribution in [0.3, 0.4) is 0 Å². The van der Waals surface area contributed by atoms with Crippen LogP contribution in [0, 0.1) is 5.92 Å². The van der Waals surface area contributed by atoms with Gasteiger partial charge in [-0.1, -0.05) is 18.7 Å². The molecular weight excluding hydrogens is 267 g/mol. The summed E-state index contributed by atoms with van der Waals surface area (Å²) in [5, 5.41) is 2.60. The molecule has 1 unspecified atom stereocenters. The van der Waals surface area contributed by atoms with Gasteiger partial charge in [-0.15, -0.1) is 23.2 Å². The van der Waals surface area contributed by atoms with Gasteiger partial charge in [0.25, 0.3) is 0 Å². The van der Waals surface area contributed by atoms with Gasteiger partial charge in [0, 0.05) is 12.5 Å². The van der Waals surface area contributed by atoms with E-state index in [1.165, 1.54) is 0 Å². The summed E-state index contributed by atoms with van der Waals surface area (Å²) in [6, 6.07) is 0. The van der Waals surface area contributed by atoms with Crippen LogP contribution in [0.15, 0.2) is 4.99 Å². The molecule has 2 rings (SSSR count). The van der Waals surface area contributed by atoms with Crippen molar-refractivity contribution in [1.82, 2.24) is 9.91 Å². The Hall–Kier alpha value is 0.320. The molecule has 2 N–H and O–H groups in total. The molecule has 4 nitrogen and oxygen atoms in total. The maximum atomic E-state index is 6.00. The highest BCUT2D eigenvalue weighted by Crippen LogP contribution is 2.53. The third-order valence-electron chi connectivity index (χ3n) is 2.71. The van der Waals surface area contributed by atoms with E-state index >= 15 is 0 Å². The first kappa shape index (κ1) is 12.8. The number of nitrogens with zero attached hydrogens (tertiary/aromatic N) is 3. The second-order valence-corrected chi connectivity index (χ2v) is 6.92. The topological polar surface area (TPSA) is 44.9 Å². The van der Waals surface area contributed by atoms with Crippen LogP contribution in [-0.4, -0.2) is 45.0 Å². The molecule has 0 aromatic carbocycles. The van der Waals surface area contributed by atoms with Gasteiger partial charge in [0.2, 0.25) is 0 Å². The summed E-state index contributed by atoms with van der Waals surface area (Å²) in [5.74, 6) is 7.24. The van der Waals surface area contributed by atoms with Gasteiger partial charge in [-0.2, -0.15) is 0 Å². The molecule has 16 heavy (non-hydrogen) atoms. The molecule has 0 amide bonds. The van der Waals surface area contributed by atoms with Crippen molar-refractivity contribution in [3.05, 3.63) is 0 Å². The number of rotatable bonds is 3. The molecule has 92 valence electrons. The van der Waals surface area contributed by atoms with Gasteiger partial charge in [0.05, 0.1) is 13.3 Å². The number of hydrazine groups is 1. The highest BCUT2D eigenvalue weighted by molar-refractivity contribution is 8.13. The zero-order valence-electron chi connectivity index (χ0n) is 9.20. The van der Waals surface area contributed by atoms with Gasteiger partial charge in [-0.05, 0) is 12.2 Å². The van der Waals surface area contributed by atoms with Crippen LogP contribution < -0.4 is 5.84 Å². The van der Waals surface area contributed by atoms with Crippen molar-refractivity contribution in [1.29, 1.82) is 0 Å². The molecule has 0 radical (unpaired) electrons. The molecule has 2 aliphatic rings. The van der Waals surface area contributed by atoms with Crippen molar-refractivity contribution >= 4 is 40.1 Å². The SMILES string of the molecule is CCSC1=NCN(CC2CC2(Cl)Cl)CN1N. The van der Waals surface area contributed by atoms with Crippen molar-refractivity contribution in [2.24, 2.45) is 16.8 Å². The van der Waals surface area contributed by atoms with E-state index in [0.29, 0.717) is 19.3 Å². The van der Waals surface area contributed by atoms with Crippen LogP contribution in [-0.2, 0) is 0 Å².